The zero-order valence-electron chi connectivity index (χ0n) is 15.0. The number of aryl methyl sites for hydroxylation is 2. The van der Waals surface area contributed by atoms with Crippen molar-refractivity contribution in [3.63, 3.8) is 0 Å². The Morgan fingerprint density at radius 3 is 2.52 bits per heavy atom. The van der Waals surface area contributed by atoms with Crippen molar-refractivity contribution in [2.24, 2.45) is 5.41 Å². The number of nitrogens with one attached hydrogen (secondary N) is 1. The zero-order chi connectivity index (χ0) is 18.2. The van der Waals surface area contributed by atoms with Crippen LogP contribution in [0.15, 0.2) is 34.9 Å². The molecule has 7 heteroatoms. The molecule has 0 bridgehead atoms. The molecule has 0 aliphatic heterocycles. The molecule has 0 aliphatic rings. The van der Waals surface area contributed by atoms with Crippen molar-refractivity contribution in [2.75, 3.05) is 5.32 Å². The number of hydrogen-bond acceptors (Lipinski definition) is 5. The first-order chi connectivity index (χ1) is 11.7. The monoisotopic (exact) mass is 339 g/mol. The summed E-state index contributed by atoms with van der Waals surface area (Å²) in [5.41, 5.74) is 1.29. The quantitative estimate of drug-likeness (QED) is 0.789. The van der Waals surface area contributed by atoms with E-state index in [2.05, 4.69) is 20.4 Å². The van der Waals surface area contributed by atoms with Crippen LogP contribution in [0.3, 0.4) is 0 Å². The molecule has 25 heavy (non-hydrogen) atoms. The second-order valence-electron chi connectivity index (χ2n) is 6.96. The van der Waals surface area contributed by atoms with Gasteiger partial charge in [-0.05, 0) is 32.0 Å². The Labute approximate surface area is 146 Å². The van der Waals surface area contributed by atoms with E-state index in [4.69, 9.17) is 4.42 Å². The Morgan fingerprint density at radius 2 is 1.96 bits per heavy atom. The van der Waals surface area contributed by atoms with Crippen LogP contribution >= 0.6 is 0 Å². The van der Waals surface area contributed by atoms with Gasteiger partial charge in [0.1, 0.15) is 5.82 Å². The maximum absolute atomic E-state index is 12.3. The van der Waals surface area contributed by atoms with Crippen LogP contribution < -0.4 is 5.32 Å². The van der Waals surface area contributed by atoms with Crippen molar-refractivity contribution >= 4 is 11.7 Å². The van der Waals surface area contributed by atoms with Crippen LogP contribution in [0.4, 0.5) is 5.82 Å². The lowest BCUT2D eigenvalue weighted by Crippen LogP contribution is -2.28. The van der Waals surface area contributed by atoms with E-state index in [-0.39, 0.29) is 5.91 Å². The van der Waals surface area contributed by atoms with Crippen LogP contribution in [-0.4, -0.2) is 25.7 Å². The Kier molecular flexibility index (Phi) is 4.16. The minimum absolute atomic E-state index is 0.129. The van der Waals surface area contributed by atoms with Crippen molar-refractivity contribution < 1.29 is 9.21 Å². The van der Waals surface area contributed by atoms with Gasteiger partial charge in [-0.3, -0.25) is 4.79 Å². The van der Waals surface area contributed by atoms with E-state index in [9.17, 15) is 4.79 Å². The minimum atomic E-state index is -0.534. The predicted molar refractivity (Wildman–Crippen MR) is 94.4 cm³/mol. The Morgan fingerprint density at radius 1 is 1.20 bits per heavy atom. The molecule has 0 saturated heterocycles. The molecule has 3 heterocycles. The summed E-state index contributed by atoms with van der Waals surface area (Å²) in [5, 5.41) is 7.30. The first-order valence-corrected chi connectivity index (χ1v) is 8.02. The van der Waals surface area contributed by atoms with E-state index in [1.54, 1.807) is 29.1 Å². The van der Waals surface area contributed by atoms with Gasteiger partial charge < -0.3 is 9.73 Å². The summed E-state index contributed by atoms with van der Waals surface area (Å²) in [6.45, 7) is 9.40. The molecule has 1 amide bonds. The third-order valence-electron chi connectivity index (χ3n) is 3.60. The number of amides is 1. The summed E-state index contributed by atoms with van der Waals surface area (Å²) in [5.74, 6) is 1.75. The minimum Gasteiger partial charge on any atom is -0.461 e. The standard InChI is InChI=1S/C18H21N5O2/c1-11-9-12(2)23(22-11)15-10-14(20-17(24)18(3,4)5)19-16(21-15)13-7-6-8-25-13/h6-10H,1-5H3,(H,19,20,21,24). The van der Waals surface area contributed by atoms with Crippen molar-refractivity contribution in [1.82, 2.24) is 19.7 Å². The molecule has 0 radical (unpaired) electrons. The topological polar surface area (TPSA) is 85.8 Å². The lowest BCUT2D eigenvalue weighted by atomic mass is 9.96. The maximum Gasteiger partial charge on any atom is 0.230 e. The highest BCUT2D eigenvalue weighted by atomic mass is 16.3. The summed E-state index contributed by atoms with van der Waals surface area (Å²) >= 11 is 0. The fourth-order valence-electron chi connectivity index (χ4n) is 2.29. The third-order valence-corrected chi connectivity index (χ3v) is 3.60. The second-order valence-corrected chi connectivity index (χ2v) is 6.96. The molecule has 0 aliphatic carbocycles. The molecule has 0 aromatic carbocycles. The Balaban J connectivity index is 2.09. The highest BCUT2D eigenvalue weighted by Gasteiger charge is 2.22. The van der Waals surface area contributed by atoms with E-state index >= 15 is 0 Å². The van der Waals surface area contributed by atoms with Crippen LogP contribution in [0.25, 0.3) is 17.4 Å². The molecule has 7 nitrogen and oxygen atoms in total. The number of carbonyl (C=O) groups excluding carboxylic acids is 1. The van der Waals surface area contributed by atoms with Crippen molar-refractivity contribution in [1.29, 1.82) is 0 Å². The van der Waals surface area contributed by atoms with E-state index in [1.165, 1.54) is 0 Å². The number of anilines is 1. The van der Waals surface area contributed by atoms with Crippen LogP contribution in [0.1, 0.15) is 32.2 Å². The van der Waals surface area contributed by atoms with Crippen LogP contribution in [0.2, 0.25) is 0 Å². The second kappa shape index (κ2) is 6.16. The number of rotatable bonds is 3. The van der Waals surface area contributed by atoms with Crippen molar-refractivity contribution in [3.05, 3.63) is 41.9 Å². The fraction of sp³-hybridized carbons (Fsp3) is 0.333. The average molecular weight is 339 g/mol. The first-order valence-electron chi connectivity index (χ1n) is 8.02. The van der Waals surface area contributed by atoms with Crippen LogP contribution in [-0.2, 0) is 4.79 Å². The molecule has 0 saturated carbocycles. The first kappa shape index (κ1) is 16.9. The molecule has 0 fully saturated rings. The maximum atomic E-state index is 12.3. The number of furan rings is 1. The SMILES string of the molecule is Cc1cc(C)n(-c2cc(NC(=O)C(C)(C)C)nc(-c3ccco3)n2)n1. The summed E-state index contributed by atoms with van der Waals surface area (Å²) in [7, 11) is 0. The molecule has 130 valence electrons. The molecule has 0 unspecified atom stereocenters. The van der Waals surface area contributed by atoms with E-state index in [0.29, 0.717) is 23.2 Å². The van der Waals surface area contributed by atoms with Gasteiger partial charge in [0.25, 0.3) is 0 Å². The van der Waals surface area contributed by atoms with Crippen molar-refractivity contribution in [3.8, 4) is 17.4 Å². The highest BCUT2D eigenvalue weighted by Crippen LogP contribution is 2.23. The van der Waals surface area contributed by atoms with E-state index < -0.39 is 5.41 Å². The van der Waals surface area contributed by atoms with Gasteiger partial charge in [0.2, 0.25) is 5.91 Å². The predicted octanol–water partition coefficient (Wildman–Crippen LogP) is 3.52. The van der Waals surface area contributed by atoms with Gasteiger partial charge in [0.15, 0.2) is 17.4 Å². The van der Waals surface area contributed by atoms with Crippen molar-refractivity contribution in [2.45, 2.75) is 34.6 Å². The summed E-state index contributed by atoms with van der Waals surface area (Å²) in [6, 6.07) is 7.20. The number of carbonyl (C=O) groups is 1. The fourth-order valence-corrected chi connectivity index (χ4v) is 2.29. The molecule has 0 atom stereocenters. The van der Waals surface area contributed by atoms with Gasteiger partial charge >= 0.3 is 0 Å². The van der Waals surface area contributed by atoms with E-state index in [0.717, 1.165) is 11.4 Å². The summed E-state index contributed by atoms with van der Waals surface area (Å²) in [6.07, 6.45) is 1.56. The number of nitrogens with zero attached hydrogens (tertiary/aromatic N) is 4. The normalized spacial score (nSPS) is 11.6. The number of aromatic nitrogens is 4. The zero-order valence-corrected chi connectivity index (χ0v) is 15.0. The molecule has 3 rings (SSSR count). The number of hydrogen-bond donors (Lipinski definition) is 1. The van der Waals surface area contributed by atoms with Gasteiger partial charge in [-0.25, -0.2) is 14.6 Å². The Bertz CT molecular complexity index is 904. The third kappa shape index (κ3) is 3.60. The van der Waals surface area contributed by atoms with Gasteiger partial charge in [0.05, 0.1) is 12.0 Å². The average Bonchev–Trinajstić information content (AvgIpc) is 3.15. The lowest BCUT2D eigenvalue weighted by Gasteiger charge is -2.17. The molecular weight excluding hydrogens is 318 g/mol. The molecule has 1 N–H and O–H groups in total. The lowest BCUT2D eigenvalue weighted by molar-refractivity contribution is -0.123. The van der Waals surface area contributed by atoms with Gasteiger partial charge in [0, 0.05) is 17.2 Å². The molecule has 0 spiro atoms. The van der Waals surface area contributed by atoms with Crippen LogP contribution in [0, 0.1) is 19.3 Å². The largest absolute Gasteiger partial charge is 0.461 e. The van der Waals surface area contributed by atoms with E-state index in [1.807, 2.05) is 40.7 Å². The molecular formula is C18H21N5O2. The van der Waals surface area contributed by atoms with Gasteiger partial charge in [-0.1, -0.05) is 20.8 Å². The smallest absolute Gasteiger partial charge is 0.230 e. The molecule has 3 aromatic heterocycles. The summed E-state index contributed by atoms with van der Waals surface area (Å²) < 4.78 is 7.12. The Hall–Kier alpha value is -2.96. The highest BCUT2D eigenvalue weighted by molar-refractivity contribution is 5.94. The molecule has 3 aromatic rings. The van der Waals surface area contributed by atoms with Crippen LogP contribution in [0.5, 0.6) is 0 Å². The van der Waals surface area contributed by atoms with Gasteiger partial charge in [-0.2, -0.15) is 5.10 Å². The van der Waals surface area contributed by atoms with Gasteiger partial charge in [-0.15, -0.1) is 0 Å². The summed E-state index contributed by atoms with van der Waals surface area (Å²) in [4.78, 5) is 21.3.